The molecule has 1 aliphatic carbocycles. The van der Waals surface area contributed by atoms with Crippen molar-refractivity contribution in [2.24, 2.45) is 11.8 Å². The highest BCUT2D eigenvalue weighted by Gasteiger charge is 2.35. The van der Waals surface area contributed by atoms with Crippen LogP contribution in [-0.4, -0.2) is 40.4 Å². The minimum Gasteiger partial charge on any atom is -0.463 e. The number of aliphatic hydroxyl groups excluding tert-OH is 2. The Bertz CT molecular complexity index is 1210. The van der Waals surface area contributed by atoms with Crippen molar-refractivity contribution in [2.75, 3.05) is 0 Å². The molecular weight excluding hydrogens is 490 g/mol. The predicted molar refractivity (Wildman–Crippen MR) is 151 cm³/mol. The number of carbonyl (C=O) groups excluding carboxylic acids is 2. The summed E-state index contributed by atoms with van der Waals surface area (Å²) in [7, 11) is 0. The molecule has 6 nitrogen and oxygen atoms in total. The van der Waals surface area contributed by atoms with Crippen LogP contribution < -0.4 is 5.32 Å². The number of carbonyl (C=O) groups is 2. The second-order valence-electron chi connectivity index (χ2n) is 10.8. The smallest absolute Gasteiger partial charge is 0.306 e. The number of hydrogen-bond donors (Lipinski definition) is 3. The molecule has 0 saturated heterocycles. The largest absolute Gasteiger partial charge is 0.463 e. The van der Waals surface area contributed by atoms with E-state index in [1.807, 2.05) is 84.9 Å². The molecule has 39 heavy (non-hydrogen) atoms. The van der Waals surface area contributed by atoms with E-state index in [2.05, 4.69) is 5.32 Å². The number of nitrogens with one attached hydrogen (secondary N) is 1. The number of hydrogen-bond acceptors (Lipinski definition) is 5. The van der Waals surface area contributed by atoms with Crippen LogP contribution in [0.15, 0.2) is 84.9 Å². The van der Waals surface area contributed by atoms with Gasteiger partial charge in [-0.2, -0.15) is 0 Å². The number of aliphatic hydroxyl groups is 2. The molecule has 0 bridgehead atoms. The number of ether oxygens (including phenoxy) is 1. The third-order valence-electron chi connectivity index (χ3n) is 7.40. The summed E-state index contributed by atoms with van der Waals surface area (Å²) in [6.07, 6.45) is -0.212. The topological polar surface area (TPSA) is 95.9 Å². The second-order valence-corrected chi connectivity index (χ2v) is 10.8. The fraction of sp³-hybridized carbons (Fsp3) is 0.394. The lowest BCUT2D eigenvalue weighted by molar-refractivity contribution is -0.149. The molecule has 3 aromatic carbocycles. The Morgan fingerprint density at radius 2 is 1.49 bits per heavy atom. The van der Waals surface area contributed by atoms with Crippen molar-refractivity contribution >= 4 is 11.9 Å². The van der Waals surface area contributed by atoms with Gasteiger partial charge in [0, 0.05) is 12.3 Å². The summed E-state index contributed by atoms with van der Waals surface area (Å²) in [5.41, 5.74) is 3.95. The molecule has 206 valence electrons. The molecule has 3 aromatic rings. The summed E-state index contributed by atoms with van der Waals surface area (Å²) >= 11 is 0. The average Bonchev–Trinajstić information content (AvgIpc) is 3.23. The van der Waals surface area contributed by atoms with Gasteiger partial charge in [0.1, 0.15) is 0 Å². The van der Waals surface area contributed by atoms with E-state index in [0.717, 1.165) is 22.3 Å². The zero-order valence-corrected chi connectivity index (χ0v) is 22.7. The zero-order valence-electron chi connectivity index (χ0n) is 22.7. The fourth-order valence-electron chi connectivity index (χ4n) is 5.47. The van der Waals surface area contributed by atoms with Gasteiger partial charge in [-0.1, -0.05) is 84.9 Å². The van der Waals surface area contributed by atoms with Gasteiger partial charge in [-0.05, 0) is 61.3 Å². The Balaban J connectivity index is 1.54. The zero-order chi connectivity index (χ0) is 27.8. The van der Waals surface area contributed by atoms with Gasteiger partial charge >= 0.3 is 5.97 Å². The molecule has 0 heterocycles. The third-order valence-corrected chi connectivity index (χ3v) is 7.40. The maximum absolute atomic E-state index is 13.7. The first-order valence-corrected chi connectivity index (χ1v) is 13.8. The van der Waals surface area contributed by atoms with E-state index < -0.39 is 30.1 Å². The Kier molecular flexibility index (Phi) is 9.90. The van der Waals surface area contributed by atoms with E-state index >= 15 is 0 Å². The van der Waals surface area contributed by atoms with Crippen molar-refractivity contribution < 1.29 is 24.5 Å². The normalized spacial score (nSPS) is 18.7. The van der Waals surface area contributed by atoms with Crippen LogP contribution in [0.1, 0.15) is 55.0 Å². The molecule has 4 rings (SSSR count). The van der Waals surface area contributed by atoms with Gasteiger partial charge in [-0.15, -0.1) is 0 Å². The molecule has 1 aliphatic rings. The first-order valence-electron chi connectivity index (χ1n) is 13.8. The summed E-state index contributed by atoms with van der Waals surface area (Å²) in [5.74, 6) is -1.55. The lowest BCUT2D eigenvalue weighted by atomic mass is 9.83. The average molecular weight is 530 g/mol. The number of benzene rings is 3. The van der Waals surface area contributed by atoms with Crippen molar-refractivity contribution in [1.29, 1.82) is 0 Å². The van der Waals surface area contributed by atoms with Crippen LogP contribution in [0.5, 0.6) is 0 Å². The van der Waals surface area contributed by atoms with Crippen molar-refractivity contribution in [3.63, 3.8) is 0 Å². The van der Waals surface area contributed by atoms with E-state index in [-0.39, 0.29) is 30.8 Å². The van der Waals surface area contributed by atoms with Crippen LogP contribution in [-0.2, 0) is 33.6 Å². The predicted octanol–water partition coefficient (Wildman–Crippen LogP) is 4.57. The summed E-state index contributed by atoms with van der Waals surface area (Å²) in [5, 5.41) is 25.3. The molecule has 0 unspecified atom stereocenters. The Hall–Kier alpha value is -3.48. The van der Waals surface area contributed by atoms with E-state index in [4.69, 9.17) is 4.74 Å². The monoisotopic (exact) mass is 529 g/mol. The van der Waals surface area contributed by atoms with E-state index in [1.54, 1.807) is 13.8 Å². The van der Waals surface area contributed by atoms with Gasteiger partial charge in [-0.3, -0.25) is 9.59 Å². The Labute approximate surface area is 231 Å². The van der Waals surface area contributed by atoms with Crippen LogP contribution in [0, 0.1) is 11.8 Å². The van der Waals surface area contributed by atoms with Crippen LogP contribution in [0.2, 0.25) is 0 Å². The van der Waals surface area contributed by atoms with Crippen molar-refractivity contribution in [2.45, 2.75) is 70.3 Å². The summed E-state index contributed by atoms with van der Waals surface area (Å²) in [6.45, 7) is 3.60. The molecule has 0 spiro atoms. The molecule has 1 amide bonds. The first kappa shape index (κ1) is 28.5. The Morgan fingerprint density at radius 3 is 2.13 bits per heavy atom. The van der Waals surface area contributed by atoms with Gasteiger partial charge < -0.3 is 20.3 Å². The minimum atomic E-state index is -0.912. The van der Waals surface area contributed by atoms with E-state index in [9.17, 15) is 19.8 Å². The lowest BCUT2D eigenvalue weighted by Gasteiger charge is -2.28. The standard InChI is InChI=1S/C33H39NO5/c1-22(2)39-31(37)21-26(17-23-11-5-3-6-12-23)29(35)20-27(18-24-13-7-4-8-14-24)33(38)34-32-28-16-10-9-15-25(28)19-30(32)36/h3-16,22,26-27,29-30,32,35-36H,17-21H2,1-2H3,(H,34,38)/t26-,27-,29+,30-,32+/m1/s1. The molecule has 0 radical (unpaired) electrons. The van der Waals surface area contributed by atoms with Gasteiger partial charge in [0.05, 0.1) is 30.8 Å². The molecular formula is C33H39NO5. The Morgan fingerprint density at radius 1 is 0.897 bits per heavy atom. The maximum Gasteiger partial charge on any atom is 0.306 e. The first-order chi connectivity index (χ1) is 18.8. The number of rotatable bonds is 12. The van der Waals surface area contributed by atoms with Gasteiger partial charge in [0.2, 0.25) is 5.91 Å². The van der Waals surface area contributed by atoms with Crippen molar-refractivity contribution in [3.05, 3.63) is 107 Å². The van der Waals surface area contributed by atoms with Crippen LogP contribution in [0.25, 0.3) is 0 Å². The SMILES string of the molecule is CC(C)OC(=O)C[C@@H](Cc1ccccc1)[C@@H](O)C[C@@H](Cc1ccccc1)C(=O)N[C@H]1c2ccccc2C[C@H]1O. The van der Waals surface area contributed by atoms with Crippen LogP contribution >= 0.6 is 0 Å². The van der Waals surface area contributed by atoms with Crippen molar-refractivity contribution in [1.82, 2.24) is 5.32 Å². The van der Waals surface area contributed by atoms with Gasteiger partial charge in [0.25, 0.3) is 0 Å². The number of amides is 1. The number of esters is 1. The summed E-state index contributed by atoms with van der Waals surface area (Å²) < 4.78 is 5.39. The lowest BCUT2D eigenvalue weighted by Crippen LogP contribution is -2.40. The fourth-order valence-corrected chi connectivity index (χ4v) is 5.47. The van der Waals surface area contributed by atoms with Crippen LogP contribution in [0.3, 0.4) is 0 Å². The van der Waals surface area contributed by atoms with Crippen LogP contribution in [0.4, 0.5) is 0 Å². The van der Waals surface area contributed by atoms with Gasteiger partial charge in [0.15, 0.2) is 0 Å². The highest BCUT2D eigenvalue weighted by atomic mass is 16.5. The molecule has 3 N–H and O–H groups in total. The summed E-state index contributed by atoms with van der Waals surface area (Å²) in [6, 6.07) is 26.7. The van der Waals surface area contributed by atoms with E-state index in [0.29, 0.717) is 19.3 Å². The maximum atomic E-state index is 13.7. The quantitative estimate of drug-likeness (QED) is 0.299. The van der Waals surface area contributed by atoms with Gasteiger partial charge in [-0.25, -0.2) is 0 Å². The molecule has 0 saturated carbocycles. The highest BCUT2D eigenvalue weighted by molar-refractivity contribution is 5.80. The highest BCUT2D eigenvalue weighted by Crippen LogP contribution is 2.32. The molecule has 0 aromatic heterocycles. The van der Waals surface area contributed by atoms with Crippen molar-refractivity contribution in [3.8, 4) is 0 Å². The molecule has 0 fully saturated rings. The third kappa shape index (κ3) is 8.01. The number of fused-ring (bicyclic) bond motifs is 1. The minimum absolute atomic E-state index is 0.0582. The van der Waals surface area contributed by atoms with E-state index in [1.165, 1.54) is 0 Å². The second kappa shape index (κ2) is 13.5. The summed E-state index contributed by atoms with van der Waals surface area (Å²) in [4.78, 5) is 26.3. The molecule has 0 aliphatic heterocycles. The molecule has 6 heteroatoms. The molecule has 5 atom stereocenters.